The number of hydrogen-bond acceptors (Lipinski definition) is 4. The smallest absolute Gasteiger partial charge is 0.164 e. The van der Waals surface area contributed by atoms with Gasteiger partial charge in [-0.1, -0.05) is 182 Å². The fraction of sp³-hybridized carbons (Fsp3) is 0. The largest absolute Gasteiger partial charge is 0.248 e. The van der Waals surface area contributed by atoms with Gasteiger partial charge < -0.3 is 0 Å². The first-order valence-electron chi connectivity index (χ1n) is 18.1. The number of rotatable bonds is 6. The van der Waals surface area contributed by atoms with Crippen LogP contribution in [0.1, 0.15) is 0 Å². The topological polar surface area (TPSA) is 51.6 Å². The Morgan fingerprint density at radius 1 is 0.278 bits per heavy atom. The van der Waals surface area contributed by atoms with E-state index < -0.39 is 0 Å². The van der Waals surface area contributed by atoms with Gasteiger partial charge in [-0.25, -0.2) is 19.9 Å². The zero-order valence-electron chi connectivity index (χ0n) is 29.3. The predicted octanol–water partition coefficient (Wildman–Crippen LogP) is 12.7. The molecular formula is C50H32N4. The molecule has 0 radical (unpaired) electrons. The molecule has 0 bridgehead atoms. The Bertz CT molecular complexity index is 2900. The van der Waals surface area contributed by atoms with Gasteiger partial charge in [0.05, 0.1) is 11.2 Å². The maximum Gasteiger partial charge on any atom is 0.164 e. The lowest BCUT2D eigenvalue weighted by Gasteiger charge is -2.16. The number of nitrogens with zero attached hydrogens (tertiary/aromatic N) is 4. The number of fused-ring (bicyclic) bond motifs is 4. The number of pyridine rings is 1. The predicted molar refractivity (Wildman–Crippen MR) is 223 cm³/mol. The van der Waals surface area contributed by atoms with Crippen molar-refractivity contribution in [3.05, 3.63) is 194 Å². The Kier molecular flexibility index (Phi) is 7.77. The molecule has 0 saturated heterocycles. The second-order valence-electron chi connectivity index (χ2n) is 13.4. The Balaban J connectivity index is 1.12. The van der Waals surface area contributed by atoms with Crippen LogP contribution < -0.4 is 0 Å². The first kappa shape index (κ1) is 31.4. The van der Waals surface area contributed by atoms with E-state index in [1.54, 1.807) is 0 Å². The highest BCUT2D eigenvalue weighted by Crippen LogP contribution is 2.41. The number of benzene rings is 8. The van der Waals surface area contributed by atoms with E-state index in [9.17, 15) is 0 Å². The summed E-state index contributed by atoms with van der Waals surface area (Å²) in [6, 6.07) is 67.6. The molecule has 0 amide bonds. The van der Waals surface area contributed by atoms with Crippen LogP contribution in [-0.4, -0.2) is 19.9 Å². The summed E-state index contributed by atoms with van der Waals surface area (Å²) >= 11 is 0. The van der Waals surface area contributed by atoms with E-state index in [0.717, 1.165) is 50.0 Å². The van der Waals surface area contributed by atoms with Crippen LogP contribution in [0.2, 0.25) is 0 Å². The Hall–Kier alpha value is -7.30. The van der Waals surface area contributed by atoms with Crippen molar-refractivity contribution >= 4 is 32.4 Å². The molecule has 0 aliphatic heterocycles. The van der Waals surface area contributed by atoms with Crippen LogP contribution in [0.15, 0.2) is 194 Å². The third kappa shape index (κ3) is 5.67. The average Bonchev–Trinajstić information content (AvgIpc) is 3.26. The van der Waals surface area contributed by atoms with Crippen molar-refractivity contribution in [3.63, 3.8) is 0 Å². The summed E-state index contributed by atoms with van der Waals surface area (Å²) in [5, 5.41) is 5.92. The van der Waals surface area contributed by atoms with Gasteiger partial charge in [0.15, 0.2) is 17.5 Å². The molecule has 0 saturated carbocycles. The minimum atomic E-state index is 0.637. The number of hydrogen-bond donors (Lipinski definition) is 0. The van der Waals surface area contributed by atoms with Crippen LogP contribution in [0.4, 0.5) is 0 Å². The Morgan fingerprint density at radius 2 is 0.778 bits per heavy atom. The molecule has 0 fully saturated rings. The molecule has 0 unspecified atom stereocenters. The van der Waals surface area contributed by atoms with E-state index in [1.807, 2.05) is 66.7 Å². The summed E-state index contributed by atoms with van der Waals surface area (Å²) in [6.45, 7) is 0. The zero-order valence-corrected chi connectivity index (χ0v) is 29.3. The van der Waals surface area contributed by atoms with Crippen LogP contribution in [-0.2, 0) is 0 Å². The van der Waals surface area contributed by atoms with E-state index in [0.29, 0.717) is 17.5 Å². The van der Waals surface area contributed by atoms with Crippen molar-refractivity contribution in [1.82, 2.24) is 19.9 Å². The molecule has 252 valence electrons. The second kappa shape index (κ2) is 13.4. The van der Waals surface area contributed by atoms with Crippen molar-refractivity contribution in [2.75, 3.05) is 0 Å². The minimum absolute atomic E-state index is 0.637. The molecule has 10 rings (SSSR count). The van der Waals surface area contributed by atoms with E-state index >= 15 is 0 Å². The van der Waals surface area contributed by atoms with Gasteiger partial charge in [0, 0.05) is 27.6 Å². The van der Waals surface area contributed by atoms with E-state index in [1.165, 1.54) is 32.7 Å². The zero-order chi connectivity index (χ0) is 35.8. The van der Waals surface area contributed by atoms with Gasteiger partial charge in [-0.3, -0.25) is 0 Å². The molecule has 4 nitrogen and oxygen atoms in total. The monoisotopic (exact) mass is 688 g/mol. The van der Waals surface area contributed by atoms with Crippen molar-refractivity contribution in [2.24, 2.45) is 0 Å². The quantitative estimate of drug-likeness (QED) is 0.163. The highest BCUT2D eigenvalue weighted by atomic mass is 15.0. The van der Waals surface area contributed by atoms with E-state index in [4.69, 9.17) is 19.9 Å². The molecule has 2 heterocycles. The Morgan fingerprint density at radius 3 is 1.44 bits per heavy atom. The maximum atomic E-state index is 5.25. The van der Waals surface area contributed by atoms with Crippen LogP contribution in [0, 0.1) is 0 Å². The van der Waals surface area contributed by atoms with Crippen molar-refractivity contribution in [1.29, 1.82) is 0 Å². The fourth-order valence-electron chi connectivity index (χ4n) is 7.51. The molecule has 8 aromatic carbocycles. The standard InChI is InChI=1S/C50H32N4/c1-4-15-35(16-5-1)46-32-44(41-24-12-21-33-14-10-11-22-39(33)41)47-43-25-13-23-40(42(43)30-31-45(47)51-46)34-26-28-38(29-27-34)50-53-48(36-17-6-2-7-18-36)52-49(54-50)37-19-8-3-9-20-37/h1-32H. The first-order chi connectivity index (χ1) is 26.8. The Labute approximate surface area is 313 Å². The van der Waals surface area contributed by atoms with Gasteiger partial charge in [0.1, 0.15) is 0 Å². The van der Waals surface area contributed by atoms with Gasteiger partial charge in [-0.2, -0.15) is 0 Å². The van der Waals surface area contributed by atoms with Crippen LogP contribution >= 0.6 is 0 Å². The molecule has 0 aliphatic carbocycles. The maximum absolute atomic E-state index is 5.25. The molecule has 10 aromatic rings. The lowest BCUT2D eigenvalue weighted by Crippen LogP contribution is -2.00. The first-order valence-corrected chi connectivity index (χ1v) is 18.1. The fourth-order valence-corrected chi connectivity index (χ4v) is 7.51. The summed E-state index contributed by atoms with van der Waals surface area (Å²) in [7, 11) is 0. The van der Waals surface area contributed by atoms with Crippen LogP contribution in [0.25, 0.3) is 100 Å². The molecule has 2 aromatic heterocycles. The van der Waals surface area contributed by atoms with Crippen molar-refractivity contribution in [3.8, 4) is 67.7 Å². The summed E-state index contributed by atoms with van der Waals surface area (Å²) in [5.74, 6) is 1.93. The highest BCUT2D eigenvalue weighted by molar-refractivity contribution is 6.18. The highest BCUT2D eigenvalue weighted by Gasteiger charge is 2.17. The van der Waals surface area contributed by atoms with Gasteiger partial charge in [-0.05, 0) is 55.9 Å². The molecule has 0 atom stereocenters. The van der Waals surface area contributed by atoms with E-state index in [-0.39, 0.29) is 0 Å². The van der Waals surface area contributed by atoms with Gasteiger partial charge in [-0.15, -0.1) is 0 Å². The van der Waals surface area contributed by atoms with Gasteiger partial charge in [0.25, 0.3) is 0 Å². The molecule has 0 aliphatic rings. The summed E-state index contributed by atoms with van der Waals surface area (Å²) in [6.07, 6.45) is 0. The summed E-state index contributed by atoms with van der Waals surface area (Å²) in [5.41, 5.74) is 10.5. The van der Waals surface area contributed by atoms with Crippen LogP contribution in [0.3, 0.4) is 0 Å². The molecule has 4 heteroatoms. The molecule has 54 heavy (non-hydrogen) atoms. The van der Waals surface area contributed by atoms with Crippen molar-refractivity contribution < 1.29 is 0 Å². The molecular weight excluding hydrogens is 657 g/mol. The average molecular weight is 689 g/mol. The lowest BCUT2D eigenvalue weighted by atomic mass is 9.89. The SMILES string of the molecule is c1ccc(-c2cc(-c3cccc4ccccc34)c3c(ccc4c(-c5ccc(-c6nc(-c7ccccc7)nc(-c7ccccc7)n6)cc5)cccc43)n2)cc1. The second-order valence-corrected chi connectivity index (χ2v) is 13.4. The summed E-state index contributed by atoms with van der Waals surface area (Å²) < 4.78 is 0. The number of aromatic nitrogens is 4. The molecule has 0 N–H and O–H groups in total. The van der Waals surface area contributed by atoms with Crippen molar-refractivity contribution in [2.45, 2.75) is 0 Å². The minimum Gasteiger partial charge on any atom is -0.248 e. The van der Waals surface area contributed by atoms with Gasteiger partial charge in [0.2, 0.25) is 0 Å². The summed E-state index contributed by atoms with van der Waals surface area (Å²) in [4.78, 5) is 20.0. The third-order valence-corrected chi connectivity index (χ3v) is 10.1. The van der Waals surface area contributed by atoms with Gasteiger partial charge >= 0.3 is 0 Å². The third-order valence-electron chi connectivity index (χ3n) is 10.1. The van der Waals surface area contributed by atoms with Crippen LogP contribution in [0.5, 0.6) is 0 Å². The van der Waals surface area contributed by atoms with E-state index in [2.05, 4.69) is 127 Å². The lowest BCUT2D eigenvalue weighted by molar-refractivity contribution is 1.07. The molecule has 0 spiro atoms. The normalized spacial score (nSPS) is 11.3.